The zero-order valence-electron chi connectivity index (χ0n) is 17.6. The molecule has 156 valence electrons. The van der Waals surface area contributed by atoms with Gasteiger partial charge in [0.05, 0.1) is 10.5 Å². The van der Waals surface area contributed by atoms with E-state index in [1.807, 2.05) is 18.2 Å². The molecule has 4 nitrogen and oxygen atoms in total. The van der Waals surface area contributed by atoms with E-state index in [9.17, 15) is 4.79 Å². The molecule has 4 rings (SSSR count). The maximum atomic E-state index is 12.6. The van der Waals surface area contributed by atoms with Crippen molar-refractivity contribution in [2.45, 2.75) is 52.4 Å². The number of benzene rings is 1. The fourth-order valence-corrected chi connectivity index (χ4v) is 5.45. The number of aromatic nitrogens is 1. The average molecular weight is 414 g/mol. The van der Waals surface area contributed by atoms with E-state index < -0.39 is 0 Å². The minimum Gasteiger partial charge on any atom is -0.352 e. The Balaban J connectivity index is 1.36. The number of hydrogen-bond acceptors (Lipinski definition) is 3. The summed E-state index contributed by atoms with van der Waals surface area (Å²) in [4.78, 5) is 20.0. The topological polar surface area (TPSA) is 45.2 Å². The monoisotopic (exact) mass is 413 g/mol. The maximum Gasteiger partial charge on any atom is 0.251 e. The molecule has 2 aliphatic rings. The van der Waals surface area contributed by atoms with Crippen molar-refractivity contribution in [2.75, 3.05) is 26.2 Å². The highest BCUT2D eigenvalue weighted by atomic mass is 35.5. The molecule has 0 radical (unpaired) electrons. The summed E-state index contributed by atoms with van der Waals surface area (Å²) in [7, 11) is 0. The lowest BCUT2D eigenvalue weighted by atomic mass is 9.92. The van der Waals surface area contributed by atoms with Crippen LogP contribution in [0.2, 0.25) is 5.02 Å². The van der Waals surface area contributed by atoms with E-state index in [0.717, 1.165) is 65.7 Å². The van der Waals surface area contributed by atoms with Gasteiger partial charge in [-0.1, -0.05) is 31.5 Å². The van der Waals surface area contributed by atoms with E-state index in [1.54, 1.807) is 0 Å². The van der Waals surface area contributed by atoms with Gasteiger partial charge in [-0.2, -0.15) is 0 Å². The van der Waals surface area contributed by atoms with Crippen LogP contribution in [0.1, 0.15) is 61.1 Å². The molecule has 1 aliphatic heterocycles. The number of amides is 1. The first-order valence-corrected chi connectivity index (χ1v) is 11.5. The second-order valence-electron chi connectivity index (χ2n) is 9.11. The lowest BCUT2D eigenvalue weighted by Crippen LogP contribution is -2.40. The third kappa shape index (κ3) is 4.75. The first-order chi connectivity index (χ1) is 14.0. The van der Waals surface area contributed by atoms with Gasteiger partial charge in [0.2, 0.25) is 0 Å². The molecule has 1 amide bonds. The van der Waals surface area contributed by atoms with Crippen LogP contribution < -0.4 is 5.32 Å². The van der Waals surface area contributed by atoms with Crippen LogP contribution in [-0.2, 0) is 12.8 Å². The summed E-state index contributed by atoms with van der Waals surface area (Å²) in [5.41, 5.74) is 3.80. The Labute approximate surface area is 179 Å². The van der Waals surface area contributed by atoms with E-state index in [2.05, 4.69) is 24.1 Å². The first-order valence-electron chi connectivity index (χ1n) is 11.1. The Kier molecular flexibility index (Phi) is 6.41. The van der Waals surface area contributed by atoms with Gasteiger partial charge in [-0.15, -0.1) is 0 Å². The molecule has 2 atom stereocenters. The third-order valence-corrected chi connectivity index (χ3v) is 6.77. The number of aryl methyl sites for hydroxylation is 1. The molecular weight excluding hydrogens is 382 g/mol. The number of halogens is 1. The number of pyridine rings is 1. The van der Waals surface area contributed by atoms with Crippen LogP contribution in [0.3, 0.4) is 0 Å². The molecule has 1 aromatic heterocycles. The van der Waals surface area contributed by atoms with Crippen molar-refractivity contribution in [2.24, 2.45) is 11.8 Å². The fraction of sp³-hybridized carbons (Fsp3) is 0.583. The van der Waals surface area contributed by atoms with Gasteiger partial charge >= 0.3 is 0 Å². The minimum atomic E-state index is -0.0251. The van der Waals surface area contributed by atoms with E-state index in [1.165, 1.54) is 31.5 Å². The number of fused-ring (bicyclic) bond motifs is 2. The zero-order valence-corrected chi connectivity index (χ0v) is 18.4. The van der Waals surface area contributed by atoms with Gasteiger partial charge in [-0.3, -0.25) is 9.78 Å². The second-order valence-corrected chi connectivity index (χ2v) is 9.48. The van der Waals surface area contributed by atoms with Gasteiger partial charge in [-0.05, 0) is 74.6 Å². The van der Waals surface area contributed by atoms with Crippen molar-refractivity contribution in [3.05, 3.63) is 40.0 Å². The normalized spacial score (nSPS) is 22.4. The van der Waals surface area contributed by atoms with Crippen LogP contribution in [0, 0.1) is 11.8 Å². The molecular formula is C24H32ClN3O. The van der Waals surface area contributed by atoms with Crippen molar-refractivity contribution in [1.29, 1.82) is 0 Å². The van der Waals surface area contributed by atoms with E-state index in [4.69, 9.17) is 16.6 Å². The maximum absolute atomic E-state index is 12.6. The average Bonchev–Trinajstić information content (AvgIpc) is 2.70. The van der Waals surface area contributed by atoms with E-state index >= 15 is 0 Å². The number of likely N-dealkylation sites (tertiary alicyclic amines) is 1. The van der Waals surface area contributed by atoms with Gasteiger partial charge in [-0.25, -0.2) is 0 Å². The fourth-order valence-electron chi connectivity index (χ4n) is 5.09. The SMILES string of the molecule is C[C@@H]1C[C@H](C)CN(CCCNC(=O)c2ccc3c(Cl)c4c(nc3c2)CCCC4)C1. The van der Waals surface area contributed by atoms with Gasteiger partial charge in [0, 0.05) is 36.3 Å². The first kappa shape index (κ1) is 20.6. The molecule has 2 heterocycles. The lowest BCUT2D eigenvalue weighted by molar-refractivity contribution is 0.0947. The largest absolute Gasteiger partial charge is 0.352 e. The van der Waals surface area contributed by atoms with Gasteiger partial charge in [0.15, 0.2) is 0 Å². The van der Waals surface area contributed by atoms with Crippen LogP contribution in [0.5, 0.6) is 0 Å². The van der Waals surface area contributed by atoms with Crippen LogP contribution in [-0.4, -0.2) is 42.0 Å². The molecule has 0 saturated carbocycles. The molecule has 5 heteroatoms. The molecule has 2 aromatic rings. The van der Waals surface area contributed by atoms with E-state index in [0.29, 0.717) is 12.1 Å². The van der Waals surface area contributed by atoms with Gasteiger partial charge in [0.1, 0.15) is 0 Å². The van der Waals surface area contributed by atoms with Crippen LogP contribution in [0.15, 0.2) is 18.2 Å². The van der Waals surface area contributed by atoms with Crippen molar-refractivity contribution in [3.63, 3.8) is 0 Å². The molecule has 1 aromatic carbocycles. The lowest BCUT2D eigenvalue weighted by Gasteiger charge is -2.34. The molecule has 0 unspecified atom stereocenters. The summed E-state index contributed by atoms with van der Waals surface area (Å²) in [5.74, 6) is 1.52. The minimum absolute atomic E-state index is 0.0251. The highest BCUT2D eigenvalue weighted by Crippen LogP contribution is 2.33. The molecule has 29 heavy (non-hydrogen) atoms. The van der Waals surface area contributed by atoms with Crippen molar-refractivity contribution < 1.29 is 4.79 Å². The highest BCUT2D eigenvalue weighted by molar-refractivity contribution is 6.36. The molecule has 1 saturated heterocycles. The second kappa shape index (κ2) is 9.01. The number of hydrogen-bond donors (Lipinski definition) is 1. The Bertz CT molecular complexity index is 887. The summed E-state index contributed by atoms with van der Waals surface area (Å²) in [6.45, 7) is 8.78. The standard InChI is InChI=1S/C24H32ClN3O/c1-16-12-17(2)15-28(14-16)11-5-10-26-24(29)18-8-9-20-22(13-18)27-21-7-4-3-6-19(21)23(20)25/h8-9,13,16-17H,3-7,10-12,14-15H2,1-2H3,(H,26,29)/t16-,17+. The van der Waals surface area contributed by atoms with Crippen LogP contribution >= 0.6 is 11.6 Å². The predicted molar refractivity (Wildman–Crippen MR) is 120 cm³/mol. The Hall–Kier alpha value is -1.65. The molecule has 0 bridgehead atoms. The highest BCUT2D eigenvalue weighted by Gasteiger charge is 2.21. The number of carbonyl (C=O) groups is 1. The number of piperidine rings is 1. The Morgan fingerprint density at radius 3 is 2.76 bits per heavy atom. The van der Waals surface area contributed by atoms with Crippen molar-refractivity contribution in [3.8, 4) is 0 Å². The smallest absolute Gasteiger partial charge is 0.251 e. The van der Waals surface area contributed by atoms with Crippen molar-refractivity contribution in [1.82, 2.24) is 15.2 Å². The third-order valence-electron chi connectivity index (χ3n) is 6.34. The number of nitrogens with zero attached hydrogens (tertiary/aromatic N) is 2. The summed E-state index contributed by atoms with van der Waals surface area (Å²) in [6, 6.07) is 5.71. The predicted octanol–water partition coefficient (Wildman–Crippen LogP) is 4.86. The Morgan fingerprint density at radius 1 is 1.21 bits per heavy atom. The number of nitrogens with one attached hydrogen (secondary N) is 1. The summed E-state index contributed by atoms with van der Waals surface area (Å²) < 4.78 is 0. The van der Waals surface area contributed by atoms with Crippen LogP contribution in [0.25, 0.3) is 10.9 Å². The summed E-state index contributed by atoms with van der Waals surface area (Å²) in [5, 5.41) is 4.85. The molecule has 1 aliphatic carbocycles. The van der Waals surface area contributed by atoms with Gasteiger partial charge < -0.3 is 10.2 Å². The number of rotatable bonds is 5. The molecule has 0 spiro atoms. The molecule has 1 fully saturated rings. The van der Waals surface area contributed by atoms with Gasteiger partial charge in [0.25, 0.3) is 5.91 Å². The molecule has 1 N–H and O–H groups in total. The Morgan fingerprint density at radius 2 is 1.97 bits per heavy atom. The summed E-state index contributed by atoms with van der Waals surface area (Å²) in [6.07, 6.45) is 6.64. The summed E-state index contributed by atoms with van der Waals surface area (Å²) >= 11 is 6.64. The number of carbonyl (C=O) groups excluding carboxylic acids is 1. The quantitative estimate of drug-likeness (QED) is 0.711. The van der Waals surface area contributed by atoms with E-state index in [-0.39, 0.29) is 5.91 Å². The van der Waals surface area contributed by atoms with Crippen molar-refractivity contribution >= 4 is 28.4 Å². The van der Waals surface area contributed by atoms with Crippen LogP contribution in [0.4, 0.5) is 0 Å². The zero-order chi connectivity index (χ0) is 20.4.